The molecule has 1 aliphatic rings. The number of hydrogen-bond donors (Lipinski definition) is 1. The number of Topliss-reactive ketones (excluding diaryl/α,β-unsaturated/α-hetero) is 1. The van der Waals surface area contributed by atoms with Crippen LogP contribution in [0, 0.1) is 5.92 Å². The van der Waals surface area contributed by atoms with Gasteiger partial charge >= 0.3 is 0 Å². The molecule has 3 heteroatoms. The van der Waals surface area contributed by atoms with E-state index in [0.29, 0.717) is 31.1 Å². The van der Waals surface area contributed by atoms with Gasteiger partial charge in [-0.25, -0.2) is 0 Å². The highest BCUT2D eigenvalue weighted by Crippen LogP contribution is 2.32. The molecule has 1 aromatic rings. The Bertz CT molecular complexity index is 389. The zero-order valence-corrected chi connectivity index (χ0v) is 10.9. The van der Waals surface area contributed by atoms with Gasteiger partial charge in [0.25, 0.3) is 0 Å². The molecule has 2 N–H and O–H groups in total. The van der Waals surface area contributed by atoms with Crippen molar-refractivity contribution in [1.29, 1.82) is 0 Å². The highest BCUT2D eigenvalue weighted by Gasteiger charge is 2.24. The number of carbonyl (C=O) groups is 1. The Hall–Kier alpha value is -1.35. The zero-order chi connectivity index (χ0) is 13.0. The summed E-state index contributed by atoms with van der Waals surface area (Å²) >= 11 is 0. The maximum absolute atomic E-state index is 11.2. The highest BCUT2D eigenvalue weighted by atomic mass is 16.5. The first kappa shape index (κ1) is 13.1. The van der Waals surface area contributed by atoms with E-state index in [-0.39, 0.29) is 6.04 Å². The number of ether oxygens (including phenoxy) is 1. The van der Waals surface area contributed by atoms with E-state index >= 15 is 0 Å². The van der Waals surface area contributed by atoms with Gasteiger partial charge in [0, 0.05) is 18.9 Å². The van der Waals surface area contributed by atoms with Crippen LogP contribution in [0.2, 0.25) is 0 Å². The lowest BCUT2D eigenvalue weighted by Crippen LogP contribution is -2.26. The Morgan fingerprint density at radius 2 is 1.89 bits per heavy atom. The molecule has 98 valence electrons. The van der Waals surface area contributed by atoms with Gasteiger partial charge in [-0.3, -0.25) is 4.79 Å². The minimum atomic E-state index is 0.0359. The summed E-state index contributed by atoms with van der Waals surface area (Å²) in [7, 11) is 0. The van der Waals surface area contributed by atoms with E-state index in [1.807, 2.05) is 31.2 Å². The van der Waals surface area contributed by atoms with Crippen molar-refractivity contribution in [2.45, 2.75) is 38.6 Å². The van der Waals surface area contributed by atoms with Crippen LogP contribution in [0.1, 0.15) is 44.2 Å². The molecule has 1 aliphatic carbocycles. The smallest absolute Gasteiger partial charge is 0.132 e. The van der Waals surface area contributed by atoms with Gasteiger partial charge in [0.1, 0.15) is 11.5 Å². The maximum atomic E-state index is 11.2. The standard InChI is InChI=1S/C15H21NO2/c1-2-18-14-9-5-12(6-10-14)15(16)11-3-7-13(17)8-4-11/h5-6,9-11,15H,2-4,7-8,16H2,1H3. The maximum Gasteiger partial charge on any atom is 0.132 e. The van der Waals surface area contributed by atoms with Crippen molar-refractivity contribution in [3.63, 3.8) is 0 Å². The summed E-state index contributed by atoms with van der Waals surface area (Å²) in [5.74, 6) is 1.69. The fourth-order valence-corrected chi connectivity index (χ4v) is 2.55. The zero-order valence-electron chi connectivity index (χ0n) is 10.9. The molecule has 0 radical (unpaired) electrons. The molecule has 2 rings (SSSR count). The minimum Gasteiger partial charge on any atom is -0.494 e. The van der Waals surface area contributed by atoms with Crippen LogP contribution in [0.4, 0.5) is 0 Å². The summed E-state index contributed by atoms with van der Waals surface area (Å²) in [4.78, 5) is 11.2. The number of benzene rings is 1. The van der Waals surface area contributed by atoms with E-state index in [2.05, 4.69) is 0 Å². The number of ketones is 1. The van der Waals surface area contributed by atoms with Gasteiger partial charge in [0.15, 0.2) is 0 Å². The summed E-state index contributed by atoms with van der Waals surface area (Å²) in [5.41, 5.74) is 7.42. The topological polar surface area (TPSA) is 52.3 Å². The first-order valence-electron chi connectivity index (χ1n) is 6.70. The van der Waals surface area contributed by atoms with Gasteiger partial charge in [-0.1, -0.05) is 12.1 Å². The fourth-order valence-electron chi connectivity index (χ4n) is 2.55. The third kappa shape index (κ3) is 3.10. The molecule has 0 aromatic heterocycles. The third-order valence-electron chi connectivity index (χ3n) is 3.67. The molecule has 1 atom stereocenters. The second-order valence-electron chi connectivity index (χ2n) is 4.90. The molecule has 0 amide bonds. The lowest BCUT2D eigenvalue weighted by atomic mass is 9.81. The van der Waals surface area contributed by atoms with E-state index in [1.54, 1.807) is 0 Å². The Balaban J connectivity index is 1.99. The van der Waals surface area contributed by atoms with Crippen LogP contribution >= 0.6 is 0 Å². The quantitative estimate of drug-likeness (QED) is 0.890. The van der Waals surface area contributed by atoms with Crippen LogP contribution in [0.3, 0.4) is 0 Å². The summed E-state index contributed by atoms with van der Waals surface area (Å²) in [5, 5.41) is 0. The second-order valence-corrected chi connectivity index (χ2v) is 4.90. The number of hydrogen-bond acceptors (Lipinski definition) is 3. The first-order chi connectivity index (χ1) is 8.70. The first-order valence-corrected chi connectivity index (χ1v) is 6.70. The largest absolute Gasteiger partial charge is 0.494 e. The Kier molecular flexibility index (Phi) is 4.37. The van der Waals surface area contributed by atoms with Crippen molar-refractivity contribution in [2.24, 2.45) is 11.7 Å². The molecule has 3 nitrogen and oxygen atoms in total. The summed E-state index contributed by atoms with van der Waals surface area (Å²) in [6.45, 7) is 2.65. The van der Waals surface area contributed by atoms with Crippen LogP contribution < -0.4 is 10.5 Å². The van der Waals surface area contributed by atoms with E-state index < -0.39 is 0 Å². The van der Waals surface area contributed by atoms with Gasteiger partial charge < -0.3 is 10.5 Å². The lowest BCUT2D eigenvalue weighted by Gasteiger charge is -2.27. The molecule has 1 fully saturated rings. The molecule has 0 heterocycles. The second kappa shape index (κ2) is 6.01. The van der Waals surface area contributed by atoms with E-state index in [4.69, 9.17) is 10.5 Å². The summed E-state index contributed by atoms with van der Waals surface area (Å²) in [6.07, 6.45) is 3.23. The van der Waals surface area contributed by atoms with Crippen LogP contribution in [-0.4, -0.2) is 12.4 Å². The van der Waals surface area contributed by atoms with Crippen LogP contribution in [0.5, 0.6) is 5.75 Å². The van der Waals surface area contributed by atoms with Crippen molar-refractivity contribution >= 4 is 5.78 Å². The van der Waals surface area contributed by atoms with Crippen molar-refractivity contribution in [1.82, 2.24) is 0 Å². The highest BCUT2D eigenvalue weighted by molar-refractivity contribution is 5.79. The van der Waals surface area contributed by atoms with E-state index in [1.165, 1.54) is 0 Å². The van der Waals surface area contributed by atoms with Crippen molar-refractivity contribution in [3.05, 3.63) is 29.8 Å². The average molecular weight is 247 g/mol. The Labute approximate surface area is 108 Å². The van der Waals surface area contributed by atoms with Crippen LogP contribution in [0.25, 0.3) is 0 Å². The molecule has 0 spiro atoms. The minimum absolute atomic E-state index is 0.0359. The lowest BCUT2D eigenvalue weighted by molar-refractivity contribution is -0.121. The summed E-state index contributed by atoms with van der Waals surface area (Å²) < 4.78 is 5.41. The van der Waals surface area contributed by atoms with Gasteiger partial charge in [0.2, 0.25) is 0 Å². The Morgan fingerprint density at radius 1 is 1.28 bits per heavy atom. The van der Waals surface area contributed by atoms with Gasteiger partial charge in [-0.2, -0.15) is 0 Å². The van der Waals surface area contributed by atoms with Gasteiger partial charge in [-0.15, -0.1) is 0 Å². The Morgan fingerprint density at radius 3 is 2.44 bits per heavy atom. The molecular formula is C15H21NO2. The molecule has 1 unspecified atom stereocenters. The fraction of sp³-hybridized carbons (Fsp3) is 0.533. The monoisotopic (exact) mass is 247 g/mol. The molecule has 0 saturated heterocycles. The number of carbonyl (C=O) groups excluding carboxylic acids is 1. The van der Waals surface area contributed by atoms with E-state index in [9.17, 15) is 4.79 Å². The number of nitrogens with two attached hydrogens (primary N) is 1. The van der Waals surface area contributed by atoms with Crippen LogP contribution in [0.15, 0.2) is 24.3 Å². The molecule has 0 aliphatic heterocycles. The molecule has 0 bridgehead atoms. The van der Waals surface area contributed by atoms with Crippen LogP contribution in [-0.2, 0) is 4.79 Å². The predicted molar refractivity (Wildman–Crippen MR) is 71.5 cm³/mol. The van der Waals surface area contributed by atoms with Gasteiger partial charge in [0.05, 0.1) is 6.61 Å². The number of rotatable bonds is 4. The third-order valence-corrected chi connectivity index (χ3v) is 3.67. The normalized spacial score (nSPS) is 18.7. The van der Waals surface area contributed by atoms with Crippen molar-refractivity contribution in [3.8, 4) is 5.75 Å². The predicted octanol–water partition coefficient (Wildman–Crippen LogP) is 2.84. The molecule has 1 saturated carbocycles. The van der Waals surface area contributed by atoms with Gasteiger partial charge in [-0.05, 0) is 43.4 Å². The average Bonchev–Trinajstić information content (AvgIpc) is 2.40. The SMILES string of the molecule is CCOc1ccc(C(N)C2CCC(=O)CC2)cc1. The molecular weight excluding hydrogens is 226 g/mol. The van der Waals surface area contributed by atoms with E-state index in [0.717, 1.165) is 24.2 Å². The molecule has 1 aromatic carbocycles. The molecule has 18 heavy (non-hydrogen) atoms. The summed E-state index contributed by atoms with van der Waals surface area (Å²) in [6, 6.07) is 8.03. The van der Waals surface area contributed by atoms with Crippen molar-refractivity contribution in [2.75, 3.05) is 6.61 Å². The van der Waals surface area contributed by atoms with Crippen molar-refractivity contribution < 1.29 is 9.53 Å².